The van der Waals surface area contributed by atoms with E-state index in [0.717, 1.165) is 38.9 Å². The van der Waals surface area contributed by atoms with Crippen LogP contribution in [0.25, 0.3) is 0 Å². The second-order valence-electron chi connectivity index (χ2n) is 6.99. The van der Waals surface area contributed by atoms with Gasteiger partial charge in [-0.05, 0) is 56.6 Å². The summed E-state index contributed by atoms with van der Waals surface area (Å²) in [5.41, 5.74) is 2.54. The first-order valence-corrected chi connectivity index (χ1v) is 10.3. The number of fused-ring (bicyclic) bond motifs is 2. The largest absolute Gasteiger partial charge is 0.506 e. The molecule has 0 spiro atoms. The normalized spacial score (nSPS) is 19.3. The second kappa shape index (κ2) is 8.23. The first kappa shape index (κ1) is 18.2. The highest BCUT2D eigenvalue weighted by Gasteiger charge is 2.25. The molecule has 0 bridgehead atoms. The first-order chi connectivity index (χ1) is 13.2. The maximum absolute atomic E-state index is 10.8. The van der Waals surface area contributed by atoms with Gasteiger partial charge in [0.1, 0.15) is 6.10 Å². The zero-order valence-corrected chi connectivity index (χ0v) is 16.0. The van der Waals surface area contributed by atoms with Gasteiger partial charge in [-0.2, -0.15) is 0 Å². The van der Waals surface area contributed by atoms with E-state index in [2.05, 4.69) is 58.3 Å². The molecule has 0 aliphatic carbocycles. The summed E-state index contributed by atoms with van der Waals surface area (Å²) in [6, 6.07) is 17.1. The molecule has 0 aromatic heterocycles. The van der Waals surface area contributed by atoms with Crippen molar-refractivity contribution in [1.82, 2.24) is 4.90 Å². The number of piperidine rings is 1. The Morgan fingerprint density at radius 3 is 2.41 bits per heavy atom. The van der Waals surface area contributed by atoms with Gasteiger partial charge in [-0.25, -0.2) is 4.79 Å². The number of ether oxygens (including phenoxy) is 1. The van der Waals surface area contributed by atoms with Crippen LogP contribution in [-0.4, -0.2) is 48.4 Å². The number of rotatable bonds is 5. The van der Waals surface area contributed by atoms with Gasteiger partial charge in [-0.1, -0.05) is 36.0 Å². The zero-order valence-electron chi connectivity index (χ0n) is 15.2. The maximum Gasteiger partial charge on any atom is 0.506 e. The third kappa shape index (κ3) is 4.22. The average Bonchev–Trinajstić information content (AvgIpc) is 2.67. The van der Waals surface area contributed by atoms with Crippen molar-refractivity contribution in [2.24, 2.45) is 0 Å². The minimum atomic E-state index is -1.17. The molecule has 1 saturated heterocycles. The molecule has 6 heteroatoms. The SMILES string of the molecule is O=C(O)O[C@@H]1CCCN(CCCN2c3ccccc3Sc3ccccc32)C1. The molecule has 4 rings (SSSR count). The number of nitrogens with zero attached hydrogens (tertiary/aromatic N) is 2. The summed E-state index contributed by atoms with van der Waals surface area (Å²) in [5.74, 6) is 0. The summed E-state index contributed by atoms with van der Waals surface area (Å²) in [4.78, 5) is 18.1. The van der Waals surface area contributed by atoms with Gasteiger partial charge in [0.05, 0.1) is 11.4 Å². The van der Waals surface area contributed by atoms with Crippen LogP contribution in [0.2, 0.25) is 0 Å². The van der Waals surface area contributed by atoms with Crippen molar-refractivity contribution in [2.45, 2.75) is 35.2 Å². The van der Waals surface area contributed by atoms with Gasteiger partial charge < -0.3 is 14.7 Å². The van der Waals surface area contributed by atoms with Crippen molar-refractivity contribution in [2.75, 3.05) is 31.1 Å². The monoisotopic (exact) mass is 384 g/mol. The lowest BCUT2D eigenvalue weighted by Gasteiger charge is -2.35. The smallest absolute Gasteiger partial charge is 0.450 e. The molecule has 2 aliphatic heterocycles. The minimum absolute atomic E-state index is 0.191. The van der Waals surface area contributed by atoms with E-state index >= 15 is 0 Å². The molecule has 5 nitrogen and oxygen atoms in total. The number of benzene rings is 2. The molecule has 1 N–H and O–H groups in total. The van der Waals surface area contributed by atoms with Crippen LogP contribution < -0.4 is 4.90 Å². The van der Waals surface area contributed by atoms with Crippen LogP contribution >= 0.6 is 11.8 Å². The summed E-state index contributed by atoms with van der Waals surface area (Å²) in [6.45, 7) is 3.61. The molecule has 2 aliphatic rings. The maximum atomic E-state index is 10.8. The van der Waals surface area contributed by atoms with Gasteiger partial charge in [-0.3, -0.25) is 4.90 Å². The van der Waals surface area contributed by atoms with Crippen LogP contribution in [0.15, 0.2) is 58.3 Å². The topological polar surface area (TPSA) is 53.0 Å². The Kier molecular flexibility index (Phi) is 5.55. The predicted molar refractivity (Wildman–Crippen MR) is 107 cm³/mol. The number of hydrogen-bond donors (Lipinski definition) is 1. The third-order valence-corrected chi connectivity index (χ3v) is 6.25. The Bertz CT molecular complexity index is 768. The number of para-hydroxylation sites is 2. The fourth-order valence-corrected chi connectivity index (χ4v) is 5.03. The van der Waals surface area contributed by atoms with Crippen LogP contribution in [0, 0.1) is 0 Å². The molecule has 0 unspecified atom stereocenters. The van der Waals surface area contributed by atoms with Crippen molar-refractivity contribution in [3.8, 4) is 0 Å². The van der Waals surface area contributed by atoms with E-state index in [0.29, 0.717) is 6.54 Å². The Labute approximate surface area is 163 Å². The summed E-state index contributed by atoms with van der Waals surface area (Å²) >= 11 is 1.83. The summed E-state index contributed by atoms with van der Waals surface area (Å²) in [6.07, 6.45) is 1.48. The lowest BCUT2D eigenvalue weighted by atomic mass is 10.1. The van der Waals surface area contributed by atoms with Gasteiger partial charge in [0.15, 0.2) is 0 Å². The highest BCUT2D eigenvalue weighted by molar-refractivity contribution is 7.99. The summed E-state index contributed by atoms with van der Waals surface area (Å²) < 4.78 is 4.97. The van der Waals surface area contributed by atoms with Gasteiger partial charge in [-0.15, -0.1) is 0 Å². The van der Waals surface area contributed by atoms with Crippen molar-refractivity contribution >= 4 is 29.3 Å². The van der Waals surface area contributed by atoms with E-state index in [1.165, 1.54) is 21.2 Å². The molecule has 142 valence electrons. The summed E-state index contributed by atoms with van der Waals surface area (Å²) in [5, 5.41) is 8.83. The molecular weight excluding hydrogens is 360 g/mol. The molecule has 0 saturated carbocycles. The van der Waals surface area contributed by atoms with E-state index < -0.39 is 6.16 Å². The van der Waals surface area contributed by atoms with Crippen molar-refractivity contribution in [3.63, 3.8) is 0 Å². The number of anilines is 2. The molecule has 2 aromatic carbocycles. The molecule has 2 heterocycles. The van der Waals surface area contributed by atoms with E-state index in [1.807, 2.05) is 11.8 Å². The van der Waals surface area contributed by atoms with Gasteiger partial charge in [0, 0.05) is 22.9 Å². The molecule has 0 radical (unpaired) electrons. The number of carboxylic acid groups (broad SMARTS) is 1. The van der Waals surface area contributed by atoms with Crippen LogP contribution in [-0.2, 0) is 4.74 Å². The first-order valence-electron chi connectivity index (χ1n) is 9.46. The molecule has 0 amide bonds. The number of hydrogen-bond acceptors (Lipinski definition) is 5. The lowest BCUT2D eigenvalue weighted by Crippen LogP contribution is -2.41. The molecule has 1 fully saturated rings. The van der Waals surface area contributed by atoms with E-state index in [9.17, 15) is 4.79 Å². The lowest BCUT2D eigenvalue weighted by molar-refractivity contribution is 0.0135. The van der Waals surface area contributed by atoms with Crippen LogP contribution in [0.4, 0.5) is 16.2 Å². The second-order valence-corrected chi connectivity index (χ2v) is 8.08. The highest BCUT2D eigenvalue weighted by Crippen LogP contribution is 2.47. The molecule has 1 atom stereocenters. The van der Waals surface area contributed by atoms with Crippen molar-refractivity contribution < 1.29 is 14.6 Å². The predicted octanol–water partition coefficient (Wildman–Crippen LogP) is 4.84. The molecule has 27 heavy (non-hydrogen) atoms. The van der Waals surface area contributed by atoms with E-state index in [1.54, 1.807) is 0 Å². The summed E-state index contributed by atoms with van der Waals surface area (Å²) in [7, 11) is 0. The number of carbonyl (C=O) groups is 1. The molecule has 2 aromatic rings. The average molecular weight is 385 g/mol. The van der Waals surface area contributed by atoms with E-state index in [-0.39, 0.29) is 6.10 Å². The van der Waals surface area contributed by atoms with Crippen molar-refractivity contribution in [1.29, 1.82) is 0 Å². The van der Waals surface area contributed by atoms with Gasteiger partial charge >= 0.3 is 6.16 Å². The minimum Gasteiger partial charge on any atom is -0.450 e. The Hall–Kier alpha value is -2.18. The quantitative estimate of drug-likeness (QED) is 0.745. The van der Waals surface area contributed by atoms with Crippen LogP contribution in [0.5, 0.6) is 0 Å². The number of likely N-dealkylation sites (tertiary alicyclic amines) is 1. The fourth-order valence-electron chi connectivity index (χ4n) is 3.93. The third-order valence-electron chi connectivity index (χ3n) is 5.12. The molecular formula is C21H24N2O3S. The van der Waals surface area contributed by atoms with Crippen LogP contribution in [0.3, 0.4) is 0 Å². The zero-order chi connectivity index (χ0) is 18.6. The fraction of sp³-hybridized carbons (Fsp3) is 0.381. The van der Waals surface area contributed by atoms with Gasteiger partial charge in [0.2, 0.25) is 0 Å². The van der Waals surface area contributed by atoms with Crippen molar-refractivity contribution in [3.05, 3.63) is 48.5 Å². The highest BCUT2D eigenvalue weighted by atomic mass is 32.2. The van der Waals surface area contributed by atoms with Crippen LogP contribution in [0.1, 0.15) is 19.3 Å². The Morgan fingerprint density at radius 1 is 1.07 bits per heavy atom. The van der Waals surface area contributed by atoms with E-state index in [4.69, 9.17) is 9.84 Å². The Balaban J connectivity index is 1.41. The standard InChI is InChI=1S/C21H24N2O3S/c24-21(25)26-16-7-5-12-22(15-16)13-6-14-23-17-8-1-3-10-19(17)27-20-11-4-2-9-18(20)23/h1-4,8-11,16H,5-7,12-15H2,(H,24,25)/t16-/m1/s1. The van der Waals surface area contributed by atoms with Gasteiger partial charge in [0.25, 0.3) is 0 Å². The Morgan fingerprint density at radius 2 is 1.74 bits per heavy atom.